The summed E-state index contributed by atoms with van der Waals surface area (Å²) < 4.78 is 5.41. The van der Waals surface area contributed by atoms with Crippen LogP contribution >= 0.6 is 23.2 Å². The zero-order valence-electron chi connectivity index (χ0n) is 24.7. The molecule has 5 rings (SSSR count). The first-order chi connectivity index (χ1) is 22.3. The lowest BCUT2D eigenvalue weighted by Crippen LogP contribution is -2.48. The van der Waals surface area contributed by atoms with E-state index in [-0.39, 0.29) is 24.6 Å². The Hall–Kier alpha value is -4.92. The number of para-hydroxylation sites is 1. The third kappa shape index (κ3) is 8.21. The molecule has 4 aromatic carbocycles. The second kappa shape index (κ2) is 15.4. The van der Waals surface area contributed by atoms with Gasteiger partial charge in [0.25, 0.3) is 11.8 Å². The molecule has 0 saturated carbocycles. The Morgan fingerprint density at radius 3 is 1.74 bits per heavy atom. The van der Waals surface area contributed by atoms with Crippen LogP contribution in [0.25, 0.3) is 10.9 Å². The quantitative estimate of drug-likeness (QED) is 0.0853. The molecule has 10 heteroatoms. The van der Waals surface area contributed by atoms with Crippen molar-refractivity contribution in [3.05, 3.63) is 143 Å². The van der Waals surface area contributed by atoms with Gasteiger partial charge in [-0.1, -0.05) is 72.8 Å². The van der Waals surface area contributed by atoms with Crippen molar-refractivity contribution in [2.75, 3.05) is 0 Å². The molecule has 0 bridgehead atoms. The number of ether oxygens (including phenoxy) is 1. The molecular formula is C36H31Cl2N3O5. The number of halogens is 2. The molecule has 234 valence electrons. The summed E-state index contributed by atoms with van der Waals surface area (Å²) in [5.74, 6) is -2.56. The minimum absolute atomic E-state index is 0.0397. The van der Waals surface area contributed by atoms with E-state index in [1.807, 2.05) is 30.3 Å². The molecule has 1 aromatic heterocycles. The molecule has 2 amide bonds. The minimum Gasteiger partial charge on any atom is -0.390 e. The first kappa shape index (κ1) is 32.5. The topological polar surface area (TPSA) is 117 Å². The SMILES string of the molecule is O=C(N[C@@H](Cc1ccccc1)C(=O)OC(=O)[C@H](Cc1c[nH]c2ccccc12)NC(=O)c1cccc(CCl)c1)c1cccc(CCl)c1. The number of aromatic nitrogens is 1. The Labute approximate surface area is 276 Å². The van der Waals surface area contributed by atoms with Gasteiger partial charge in [-0.2, -0.15) is 0 Å². The minimum atomic E-state index is -1.23. The molecule has 8 nitrogen and oxygen atoms in total. The number of H-pyrrole nitrogens is 1. The Morgan fingerprint density at radius 2 is 1.15 bits per heavy atom. The number of aromatic amines is 1. The van der Waals surface area contributed by atoms with E-state index in [2.05, 4.69) is 15.6 Å². The van der Waals surface area contributed by atoms with Crippen molar-refractivity contribution in [1.29, 1.82) is 0 Å². The van der Waals surface area contributed by atoms with Crippen LogP contribution in [-0.4, -0.2) is 40.8 Å². The molecule has 0 aliphatic heterocycles. The van der Waals surface area contributed by atoms with Crippen LogP contribution in [0.4, 0.5) is 0 Å². The third-order valence-corrected chi connectivity index (χ3v) is 8.07. The van der Waals surface area contributed by atoms with Crippen molar-refractivity contribution >= 4 is 57.9 Å². The Kier molecular flexibility index (Phi) is 10.9. The first-order valence-corrected chi connectivity index (χ1v) is 15.7. The van der Waals surface area contributed by atoms with Crippen LogP contribution in [0.1, 0.15) is 43.0 Å². The number of fused-ring (bicyclic) bond motifs is 1. The fourth-order valence-electron chi connectivity index (χ4n) is 5.07. The molecule has 1 heterocycles. The number of hydrogen-bond acceptors (Lipinski definition) is 5. The maximum Gasteiger partial charge on any atom is 0.336 e. The van der Waals surface area contributed by atoms with Crippen LogP contribution in [0.5, 0.6) is 0 Å². The fourth-order valence-corrected chi connectivity index (χ4v) is 5.41. The lowest BCUT2D eigenvalue weighted by atomic mass is 10.0. The zero-order chi connectivity index (χ0) is 32.5. The third-order valence-electron chi connectivity index (χ3n) is 7.45. The van der Waals surface area contributed by atoms with Gasteiger partial charge in [-0.05, 0) is 52.6 Å². The second-order valence-electron chi connectivity index (χ2n) is 10.7. The maximum atomic E-state index is 13.7. The molecule has 0 fully saturated rings. The van der Waals surface area contributed by atoms with Crippen LogP contribution < -0.4 is 10.6 Å². The molecule has 3 N–H and O–H groups in total. The van der Waals surface area contributed by atoms with Gasteiger partial charge in [0.2, 0.25) is 0 Å². The van der Waals surface area contributed by atoms with Crippen molar-refractivity contribution in [1.82, 2.24) is 15.6 Å². The lowest BCUT2D eigenvalue weighted by Gasteiger charge is -2.21. The summed E-state index contributed by atoms with van der Waals surface area (Å²) >= 11 is 11.9. The number of amides is 2. The van der Waals surface area contributed by atoms with E-state index in [0.29, 0.717) is 11.1 Å². The van der Waals surface area contributed by atoms with Crippen molar-refractivity contribution in [3.63, 3.8) is 0 Å². The van der Waals surface area contributed by atoms with Crippen LogP contribution in [0.15, 0.2) is 109 Å². The van der Waals surface area contributed by atoms with Gasteiger partial charge >= 0.3 is 11.9 Å². The highest BCUT2D eigenvalue weighted by Gasteiger charge is 2.31. The standard InChI is InChI=1S/C36H31Cl2N3O5/c37-20-24-10-6-12-26(16-24)33(42)40-31(18-23-8-2-1-3-9-23)35(44)46-36(45)32(19-28-22-39-30-15-5-4-14-29(28)30)41-34(43)27-13-7-11-25(17-27)21-38/h1-17,22,31-32,39H,18-21H2,(H,40,42)(H,41,43)/t31-,32-/m0/s1. The number of rotatable bonds is 12. The summed E-state index contributed by atoms with van der Waals surface area (Å²) in [5.41, 5.74) is 4.41. The van der Waals surface area contributed by atoms with Crippen LogP contribution in [0.3, 0.4) is 0 Å². The smallest absolute Gasteiger partial charge is 0.336 e. The van der Waals surface area contributed by atoms with Gasteiger partial charge < -0.3 is 20.4 Å². The highest BCUT2D eigenvalue weighted by atomic mass is 35.5. The summed E-state index contributed by atoms with van der Waals surface area (Å²) in [6, 6.07) is 27.6. The van der Waals surface area contributed by atoms with Crippen molar-refractivity contribution in [3.8, 4) is 0 Å². The van der Waals surface area contributed by atoms with Gasteiger partial charge in [0, 0.05) is 52.8 Å². The average molecular weight is 657 g/mol. The molecule has 46 heavy (non-hydrogen) atoms. The van der Waals surface area contributed by atoms with Crippen LogP contribution in [0.2, 0.25) is 0 Å². The van der Waals surface area contributed by atoms with E-state index in [4.69, 9.17) is 27.9 Å². The number of esters is 2. The first-order valence-electron chi connectivity index (χ1n) is 14.6. The Morgan fingerprint density at radius 1 is 0.630 bits per heavy atom. The summed E-state index contributed by atoms with van der Waals surface area (Å²) in [7, 11) is 0. The highest BCUT2D eigenvalue weighted by Crippen LogP contribution is 2.20. The number of carbonyl (C=O) groups excluding carboxylic acids is 4. The van der Waals surface area contributed by atoms with Crippen LogP contribution in [0, 0.1) is 0 Å². The zero-order valence-corrected chi connectivity index (χ0v) is 26.2. The second-order valence-corrected chi connectivity index (χ2v) is 11.2. The van der Waals surface area contributed by atoms with Gasteiger partial charge in [0.05, 0.1) is 0 Å². The molecule has 5 aromatic rings. The van der Waals surface area contributed by atoms with E-state index in [0.717, 1.165) is 33.2 Å². The number of nitrogens with one attached hydrogen (secondary N) is 3. The van der Waals surface area contributed by atoms with Gasteiger partial charge in [0.15, 0.2) is 0 Å². The van der Waals surface area contributed by atoms with Gasteiger partial charge in [-0.25, -0.2) is 9.59 Å². The summed E-state index contributed by atoms with van der Waals surface area (Å²) in [6.45, 7) is 0. The van der Waals surface area contributed by atoms with E-state index in [1.54, 1.807) is 79.0 Å². The largest absolute Gasteiger partial charge is 0.390 e. The molecule has 0 aliphatic carbocycles. The van der Waals surface area contributed by atoms with Gasteiger partial charge in [0.1, 0.15) is 12.1 Å². The predicted octanol–water partition coefficient (Wildman–Crippen LogP) is 6.10. The molecule has 0 aliphatic rings. The highest BCUT2D eigenvalue weighted by molar-refractivity contribution is 6.17. The molecule has 0 saturated heterocycles. The van der Waals surface area contributed by atoms with E-state index in [9.17, 15) is 19.2 Å². The molecule has 2 atom stereocenters. The normalized spacial score (nSPS) is 12.2. The molecule has 0 radical (unpaired) electrons. The fraction of sp³-hybridized carbons (Fsp3) is 0.167. The van der Waals surface area contributed by atoms with Crippen molar-refractivity contribution in [2.24, 2.45) is 0 Å². The maximum absolute atomic E-state index is 13.7. The Bertz CT molecular complexity index is 1860. The molecule has 0 spiro atoms. The average Bonchev–Trinajstić information content (AvgIpc) is 3.50. The Balaban J connectivity index is 1.39. The van der Waals surface area contributed by atoms with E-state index in [1.165, 1.54) is 0 Å². The predicted molar refractivity (Wildman–Crippen MR) is 178 cm³/mol. The van der Waals surface area contributed by atoms with E-state index < -0.39 is 35.8 Å². The molecular weight excluding hydrogens is 625 g/mol. The number of carbonyl (C=O) groups is 4. The lowest BCUT2D eigenvalue weighted by molar-refractivity contribution is -0.162. The summed E-state index contributed by atoms with van der Waals surface area (Å²) in [6.07, 6.45) is 1.86. The number of alkyl halides is 2. The number of benzene rings is 4. The van der Waals surface area contributed by atoms with Crippen molar-refractivity contribution < 1.29 is 23.9 Å². The summed E-state index contributed by atoms with van der Waals surface area (Å²) in [4.78, 5) is 57.0. The van der Waals surface area contributed by atoms with Crippen LogP contribution in [-0.2, 0) is 38.9 Å². The number of hydrogen-bond donors (Lipinski definition) is 3. The van der Waals surface area contributed by atoms with Gasteiger partial charge in [-0.15, -0.1) is 23.2 Å². The summed E-state index contributed by atoms with van der Waals surface area (Å²) in [5, 5.41) is 6.31. The molecule has 0 unspecified atom stereocenters. The van der Waals surface area contributed by atoms with Gasteiger partial charge in [-0.3, -0.25) is 9.59 Å². The monoisotopic (exact) mass is 655 g/mol. The van der Waals surface area contributed by atoms with E-state index >= 15 is 0 Å². The van der Waals surface area contributed by atoms with Crippen molar-refractivity contribution in [2.45, 2.75) is 36.7 Å².